The molecule has 0 bridgehead atoms. The van der Waals surface area contributed by atoms with Crippen LogP contribution in [0.2, 0.25) is 0 Å². The summed E-state index contributed by atoms with van der Waals surface area (Å²) in [6.07, 6.45) is 0. The van der Waals surface area contributed by atoms with E-state index in [0.717, 1.165) is 16.9 Å². The number of fused-ring (bicyclic) bond motifs is 1. The summed E-state index contributed by atoms with van der Waals surface area (Å²) in [5, 5.41) is 1.95. The fraction of sp³-hybridized carbons (Fsp3) is 0.200. The van der Waals surface area contributed by atoms with Crippen molar-refractivity contribution < 1.29 is 22.7 Å². The van der Waals surface area contributed by atoms with E-state index in [0.29, 0.717) is 9.87 Å². The van der Waals surface area contributed by atoms with E-state index in [1.165, 1.54) is 0 Å². The first-order valence-electron chi connectivity index (χ1n) is 7.01. The standard InChI is InChI=1S/C15H14N2O5S2/c1-10-9-23-14-13(10)15(19)17(24(20,21)16-14)7-12(18)22-8-11-5-3-2-4-6-11/h2-6,9,16H,7-8H2,1H3. The molecule has 0 saturated heterocycles. The molecule has 24 heavy (non-hydrogen) atoms. The number of hydrogen-bond acceptors (Lipinski definition) is 6. The third-order valence-corrected chi connectivity index (χ3v) is 5.92. The number of nitrogens with zero attached hydrogens (tertiary/aromatic N) is 1. The third kappa shape index (κ3) is 3.13. The average molecular weight is 366 g/mol. The summed E-state index contributed by atoms with van der Waals surface area (Å²) in [4.78, 5) is 24.4. The van der Waals surface area contributed by atoms with E-state index in [4.69, 9.17) is 4.74 Å². The van der Waals surface area contributed by atoms with Crippen LogP contribution in [0.4, 0.5) is 5.00 Å². The molecule has 1 aliphatic rings. The molecule has 1 amide bonds. The van der Waals surface area contributed by atoms with Crippen molar-refractivity contribution in [3.8, 4) is 0 Å². The van der Waals surface area contributed by atoms with Crippen LogP contribution in [-0.2, 0) is 26.3 Å². The molecule has 0 saturated carbocycles. The van der Waals surface area contributed by atoms with Gasteiger partial charge in [-0.2, -0.15) is 8.42 Å². The Morgan fingerprint density at radius 2 is 2.00 bits per heavy atom. The van der Waals surface area contributed by atoms with E-state index in [2.05, 4.69) is 4.72 Å². The number of carbonyl (C=O) groups excluding carboxylic acids is 2. The van der Waals surface area contributed by atoms with Gasteiger partial charge in [-0.15, -0.1) is 11.3 Å². The maximum atomic E-state index is 12.4. The maximum absolute atomic E-state index is 12.4. The second-order valence-corrected chi connectivity index (χ2v) is 7.66. The smallest absolute Gasteiger partial charge is 0.327 e. The lowest BCUT2D eigenvalue weighted by atomic mass is 10.2. The number of carbonyl (C=O) groups is 2. The highest BCUT2D eigenvalue weighted by molar-refractivity contribution is 7.91. The van der Waals surface area contributed by atoms with Gasteiger partial charge in [0, 0.05) is 0 Å². The van der Waals surface area contributed by atoms with Crippen LogP contribution in [0, 0.1) is 6.92 Å². The molecule has 1 aromatic carbocycles. The predicted octanol–water partition coefficient (Wildman–Crippen LogP) is 1.91. The first-order valence-corrected chi connectivity index (χ1v) is 9.33. The van der Waals surface area contributed by atoms with E-state index in [9.17, 15) is 18.0 Å². The second kappa shape index (κ2) is 6.25. The van der Waals surface area contributed by atoms with Crippen molar-refractivity contribution in [2.75, 3.05) is 11.3 Å². The monoisotopic (exact) mass is 366 g/mol. The number of anilines is 1. The Morgan fingerprint density at radius 1 is 1.29 bits per heavy atom. The minimum Gasteiger partial charge on any atom is -0.459 e. The van der Waals surface area contributed by atoms with Gasteiger partial charge >= 0.3 is 16.2 Å². The van der Waals surface area contributed by atoms with Crippen molar-refractivity contribution in [3.63, 3.8) is 0 Å². The molecule has 1 aromatic heterocycles. The van der Waals surface area contributed by atoms with Gasteiger partial charge in [-0.3, -0.25) is 14.3 Å². The second-order valence-electron chi connectivity index (χ2n) is 5.19. The van der Waals surface area contributed by atoms with Gasteiger partial charge in [-0.1, -0.05) is 30.3 Å². The number of aryl methyl sites for hydroxylation is 1. The minimum atomic E-state index is -4.11. The SMILES string of the molecule is Cc1csc2c1C(=O)N(CC(=O)OCc1ccccc1)S(=O)(=O)N2. The lowest BCUT2D eigenvalue weighted by Crippen LogP contribution is -2.47. The Morgan fingerprint density at radius 3 is 2.71 bits per heavy atom. The van der Waals surface area contributed by atoms with Crippen LogP contribution in [0.25, 0.3) is 0 Å². The topological polar surface area (TPSA) is 92.8 Å². The largest absolute Gasteiger partial charge is 0.459 e. The van der Waals surface area contributed by atoms with Gasteiger partial charge in [0.15, 0.2) is 0 Å². The van der Waals surface area contributed by atoms with E-state index < -0.39 is 28.6 Å². The molecule has 0 fully saturated rings. The summed E-state index contributed by atoms with van der Waals surface area (Å²) >= 11 is 1.13. The Balaban J connectivity index is 1.73. The van der Waals surface area contributed by atoms with Crippen LogP contribution < -0.4 is 4.72 Å². The summed E-state index contributed by atoms with van der Waals surface area (Å²) < 4.78 is 32.2. The third-order valence-electron chi connectivity index (χ3n) is 3.44. The van der Waals surface area contributed by atoms with Crippen LogP contribution in [0.3, 0.4) is 0 Å². The molecule has 3 rings (SSSR count). The normalized spacial score (nSPS) is 15.5. The number of esters is 1. The predicted molar refractivity (Wildman–Crippen MR) is 88.9 cm³/mol. The molecule has 0 atom stereocenters. The van der Waals surface area contributed by atoms with Crippen LogP contribution >= 0.6 is 11.3 Å². The number of nitrogens with one attached hydrogen (secondary N) is 1. The van der Waals surface area contributed by atoms with Crippen LogP contribution in [-0.4, -0.2) is 31.1 Å². The molecule has 126 valence electrons. The lowest BCUT2D eigenvalue weighted by molar-refractivity contribution is -0.144. The molecule has 2 heterocycles. The van der Waals surface area contributed by atoms with Gasteiger partial charge < -0.3 is 4.74 Å². The number of amides is 1. The van der Waals surface area contributed by atoms with Crippen molar-refractivity contribution in [1.82, 2.24) is 4.31 Å². The molecule has 7 nitrogen and oxygen atoms in total. The summed E-state index contributed by atoms with van der Waals surface area (Å²) in [5.74, 6) is -1.52. The van der Waals surface area contributed by atoms with Crippen molar-refractivity contribution in [3.05, 3.63) is 52.4 Å². The minimum absolute atomic E-state index is 0.0118. The molecule has 0 spiro atoms. The van der Waals surface area contributed by atoms with Gasteiger partial charge in [0.1, 0.15) is 18.2 Å². The van der Waals surface area contributed by atoms with Crippen molar-refractivity contribution in [2.24, 2.45) is 0 Å². The highest BCUT2D eigenvalue weighted by Crippen LogP contribution is 2.34. The van der Waals surface area contributed by atoms with Gasteiger partial charge in [0.05, 0.1) is 5.56 Å². The van der Waals surface area contributed by atoms with Crippen LogP contribution in [0.1, 0.15) is 21.5 Å². The summed E-state index contributed by atoms with van der Waals surface area (Å²) in [5.41, 5.74) is 1.70. The average Bonchev–Trinajstić information content (AvgIpc) is 2.90. The van der Waals surface area contributed by atoms with Crippen LogP contribution in [0.5, 0.6) is 0 Å². The first kappa shape index (κ1) is 16.5. The molecule has 9 heteroatoms. The zero-order valence-corrected chi connectivity index (χ0v) is 14.3. The Bertz CT molecular complexity index is 890. The van der Waals surface area contributed by atoms with Crippen molar-refractivity contribution >= 4 is 38.4 Å². The summed E-state index contributed by atoms with van der Waals surface area (Å²) in [7, 11) is -4.11. The van der Waals surface area contributed by atoms with E-state index in [-0.39, 0.29) is 17.2 Å². The number of benzene rings is 1. The zero-order chi connectivity index (χ0) is 17.3. The van der Waals surface area contributed by atoms with Gasteiger partial charge in [0.25, 0.3) is 5.91 Å². The Labute approximate surface area is 143 Å². The molecule has 1 N–H and O–H groups in total. The molecular weight excluding hydrogens is 352 g/mol. The van der Waals surface area contributed by atoms with Gasteiger partial charge in [0.2, 0.25) is 0 Å². The Hall–Kier alpha value is -2.39. The highest BCUT2D eigenvalue weighted by atomic mass is 32.2. The molecular formula is C15H14N2O5S2. The molecule has 2 aromatic rings. The molecule has 0 unspecified atom stereocenters. The highest BCUT2D eigenvalue weighted by Gasteiger charge is 2.39. The zero-order valence-electron chi connectivity index (χ0n) is 12.7. The van der Waals surface area contributed by atoms with E-state index >= 15 is 0 Å². The number of hydrogen-bond donors (Lipinski definition) is 1. The molecule has 1 aliphatic heterocycles. The molecule has 0 radical (unpaired) electrons. The summed E-state index contributed by atoms with van der Waals surface area (Å²) in [6, 6.07) is 8.98. The van der Waals surface area contributed by atoms with Crippen molar-refractivity contribution in [2.45, 2.75) is 13.5 Å². The number of thiophene rings is 1. The van der Waals surface area contributed by atoms with E-state index in [1.807, 2.05) is 6.07 Å². The van der Waals surface area contributed by atoms with Gasteiger partial charge in [-0.25, -0.2) is 4.31 Å². The number of rotatable bonds is 4. The lowest BCUT2D eigenvalue weighted by Gasteiger charge is -2.26. The van der Waals surface area contributed by atoms with Gasteiger partial charge in [-0.05, 0) is 23.4 Å². The van der Waals surface area contributed by atoms with E-state index in [1.54, 1.807) is 36.6 Å². The number of ether oxygens (including phenoxy) is 1. The Kier molecular flexibility index (Phi) is 4.29. The summed E-state index contributed by atoms with van der Waals surface area (Å²) in [6.45, 7) is 1.05. The molecule has 0 aliphatic carbocycles. The van der Waals surface area contributed by atoms with Crippen LogP contribution in [0.15, 0.2) is 35.7 Å². The fourth-order valence-electron chi connectivity index (χ4n) is 2.25. The quantitative estimate of drug-likeness (QED) is 0.835. The first-order chi connectivity index (χ1) is 11.4. The fourth-order valence-corrected chi connectivity index (χ4v) is 4.57. The van der Waals surface area contributed by atoms with Crippen molar-refractivity contribution in [1.29, 1.82) is 0 Å². The maximum Gasteiger partial charge on any atom is 0.327 e.